The van der Waals surface area contributed by atoms with E-state index in [1.165, 1.54) is 44.4 Å². The summed E-state index contributed by atoms with van der Waals surface area (Å²) < 4.78 is 32.1. The Labute approximate surface area is 176 Å². The van der Waals surface area contributed by atoms with Gasteiger partial charge >= 0.3 is 5.97 Å². The zero-order chi connectivity index (χ0) is 21.4. The maximum absolute atomic E-state index is 12.2. The Morgan fingerprint density at radius 3 is 2.77 bits per heavy atom. The number of carboxylic acids is 1. The van der Waals surface area contributed by atoms with Gasteiger partial charge in [-0.1, -0.05) is 56.2 Å². The average molecular weight is 437 g/mol. The van der Waals surface area contributed by atoms with Gasteiger partial charge in [0.2, 0.25) is 5.89 Å². The van der Waals surface area contributed by atoms with Gasteiger partial charge in [-0.3, -0.25) is 4.79 Å². The molecule has 0 spiro atoms. The SMILES string of the molecule is O=C(O)C[C@@H](CCCC1CCCCC1)c1nc(CNS(=O)(=O)c2ccccn2)no1. The topological polar surface area (TPSA) is 135 Å². The Balaban J connectivity index is 1.56. The summed E-state index contributed by atoms with van der Waals surface area (Å²) >= 11 is 0. The molecule has 1 aliphatic carbocycles. The van der Waals surface area contributed by atoms with Gasteiger partial charge < -0.3 is 9.63 Å². The fraction of sp³-hybridized carbons (Fsp3) is 0.600. The van der Waals surface area contributed by atoms with E-state index in [4.69, 9.17) is 4.52 Å². The summed E-state index contributed by atoms with van der Waals surface area (Å²) in [6, 6.07) is 4.60. The smallest absolute Gasteiger partial charge is 0.304 e. The largest absolute Gasteiger partial charge is 0.481 e. The third-order valence-electron chi connectivity index (χ3n) is 5.48. The zero-order valence-corrected chi connectivity index (χ0v) is 17.7. The lowest BCUT2D eigenvalue weighted by Crippen LogP contribution is -2.24. The first-order chi connectivity index (χ1) is 14.4. The molecule has 9 nitrogen and oxygen atoms in total. The third kappa shape index (κ3) is 6.60. The highest BCUT2D eigenvalue weighted by Gasteiger charge is 2.24. The molecule has 0 aliphatic heterocycles. The van der Waals surface area contributed by atoms with Crippen molar-refractivity contribution < 1.29 is 22.8 Å². The average Bonchev–Trinajstić information content (AvgIpc) is 3.22. The molecule has 2 aromatic rings. The molecule has 0 unspecified atom stereocenters. The maximum atomic E-state index is 12.2. The van der Waals surface area contributed by atoms with Crippen molar-refractivity contribution in [2.24, 2.45) is 5.92 Å². The molecule has 0 saturated heterocycles. The Bertz CT molecular complexity index is 910. The molecule has 1 fully saturated rings. The number of sulfonamides is 1. The van der Waals surface area contributed by atoms with Crippen molar-refractivity contribution in [1.29, 1.82) is 0 Å². The predicted molar refractivity (Wildman–Crippen MR) is 108 cm³/mol. The van der Waals surface area contributed by atoms with Gasteiger partial charge in [0.1, 0.15) is 0 Å². The monoisotopic (exact) mass is 436 g/mol. The molecule has 0 amide bonds. The first-order valence-corrected chi connectivity index (χ1v) is 11.9. The summed E-state index contributed by atoms with van der Waals surface area (Å²) in [6.07, 6.45) is 10.3. The van der Waals surface area contributed by atoms with Gasteiger partial charge in [-0.05, 0) is 24.5 Å². The van der Waals surface area contributed by atoms with Crippen LogP contribution in [0.4, 0.5) is 0 Å². The quantitative estimate of drug-likeness (QED) is 0.548. The lowest BCUT2D eigenvalue weighted by Gasteiger charge is -2.21. The lowest BCUT2D eigenvalue weighted by atomic mass is 9.84. The van der Waals surface area contributed by atoms with Gasteiger partial charge in [0.15, 0.2) is 10.9 Å². The summed E-state index contributed by atoms with van der Waals surface area (Å²) in [4.78, 5) is 19.3. The van der Waals surface area contributed by atoms with Crippen molar-refractivity contribution in [3.05, 3.63) is 36.1 Å². The van der Waals surface area contributed by atoms with Gasteiger partial charge in [0.05, 0.1) is 13.0 Å². The van der Waals surface area contributed by atoms with Crippen molar-refractivity contribution in [1.82, 2.24) is 19.8 Å². The van der Waals surface area contributed by atoms with Crippen molar-refractivity contribution >= 4 is 16.0 Å². The van der Waals surface area contributed by atoms with Gasteiger partial charge in [0.25, 0.3) is 10.0 Å². The molecule has 1 saturated carbocycles. The Kier molecular flexibility index (Phi) is 7.92. The summed E-state index contributed by atoms with van der Waals surface area (Å²) in [5, 5.41) is 13.0. The lowest BCUT2D eigenvalue weighted by molar-refractivity contribution is -0.137. The molecule has 0 radical (unpaired) electrons. The van der Waals surface area contributed by atoms with E-state index in [9.17, 15) is 18.3 Å². The molecule has 1 atom stereocenters. The minimum atomic E-state index is -3.79. The molecule has 10 heteroatoms. The summed E-state index contributed by atoms with van der Waals surface area (Å²) in [7, 11) is -3.79. The van der Waals surface area contributed by atoms with Crippen molar-refractivity contribution in [3.63, 3.8) is 0 Å². The number of aliphatic carboxylic acids is 1. The van der Waals surface area contributed by atoms with Gasteiger partial charge in [-0.2, -0.15) is 4.98 Å². The van der Waals surface area contributed by atoms with Crippen LogP contribution in [0.3, 0.4) is 0 Å². The fourth-order valence-corrected chi connectivity index (χ4v) is 4.82. The first-order valence-electron chi connectivity index (χ1n) is 10.4. The van der Waals surface area contributed by atoms with E-state index >= 15 is 0 Å². The third-order valence-corrected chi connectivity index (χ3v) is 6.79. The minimum Gasteiger partial charge on any atom is -0.481 e. The second kappa shape index (κ2) is 10.6. The Hall–Kier alpha value is -2.33. The molecule has 30 heavy (non-hydrogen) atoms. The first kappa shape index (κ1) is 22.4. The number of rotatable bonds is 11. The van der Waals surface area contributed by atoms with Crippen LogP contribution in [0.1, 0.15) is 75.4 Å². The molecular weight excluding hydrogens is 408 g/mol. The van der Waals surface area contributed by atoms with Crippen LogP contribution >= 0.6 is 0 Å². The number of pyridine rings is 1. The molecule has 164 valence electrons. The van der Waals surface area contributed by atoms with Crippen LogP contribution < -0.4 is 4.72 Å². The molecule has 3 rings (SSSR count). The highest BCUT2D eigenvalue weighted by Crippen LogP contribution is 2.31. The summed E-state index contributed by atoms with van der Waals surface area (Å²) in [5.41, 5.74) is 0. The number of nitrogens with zero attached hydrogens (tertiary/aromatic N) is 3. The molecule has 2 aromatic heterocycles. The van der Waals surface area contributed by atoms with E-state index < -0.39 is 16.0 Å². The van der Waals surface area contributed by atoms with Crippen LogP contribution in [0.15, 0.2) is 33.9 Å². The molecule has 0 aromatic carbocycles. The molecule has 1 aliphatic rings. The fourth-order valence-electron chi connectivity index (χ4n) is 3.90. The normalized spacial score (nSPS) is 16.4. The standard InChI is InChI=1S/C20H28N4O5S/c25-19(26)13-16(10-6-9-15-7-2-1-3-8-15)20-23-17(24-29-20)14-22-30(27,28)18-11-4-5-12-21-18/h4-5,11-12,15-16,22H,1-3,6-10,13-14H2,(H,25,26)/t16-/m1/s1. The van der Waals surface area contributed by atoms with Gasteiger partial charge in [-0.15, -0.1) is 0 Å². The van der Waals surface area contributed by atoms with Crippen LogP contribution in [-0.2, 0) is 21.4 Å². The van der Waals surface area contributed by atoms with E-state index in [0.717, 1.165) is 18.8 Å². The van der Waals surface area contributed by atoms with E-state index in [2.05, 4.69) is 19.8 Å². The molecule has 0 bridgehead atoms. The van der Waals surface area contributed by atoms with Crippen LogP contribution in [0.5, 0.6) is 0 Å². The van der Waals surface area contributed by atoms with E-state index in [1.54, 1.807) is 12.1 Å². The Morgan fingerprint density at radius 2 is 2.07 bits per heavy atom. The predicted octanol–water partition coefficient (Wildman–Crippen LogP) is 3.25. The van der Waals surface area contributed by atoms with Crippen LogP contribution in [0.2, 0.25) is 0 Å². The molecule has 2 N–H and O–H groups in total. The van der Waals surface area contributed by atoms with Crippen molar-refractivity contribution in [3.8, 4) is 0 Å². The summed E-state index contributed by atoms with van der Waals surface area (Å²) in [5.74, 6) is -0.170. The minimum absolute atomic E-state index is 0.0913. The molecule has 2 heterocycles. The number of aromatic nitrogens is 3. The van der Waals surface area contributed by atoms with E-state index in [0.29, 0.717) is 6.42 Å². The van der Waals surface area contributed by atoms with Crippen LogP contribution in [0, 0.1) is 5.92 Å². The number of carbonyl (C=O) groups is 1. The second-order valence-electron chi connectivity index (χ2n) is 7.77. The number of nitrogens with one attached hydrogen (secondary N) is 1. The van der Waals surface area contributed by atoms with Crippen LogP contribution in [0.25, 0.3) is 0 Å². The van der Waals surface area contributed by atoms with Gasteiger partial charge in [-0.25, -0.2) is 18.1 Å². The van der Waals surface area contributed by atoms with Crippen LogP contribution in [-0.4, -0.2) is 34.6 Å². The van der Waals surface area contributed by atoms with E-state index in [-0.39, 0.29) is 35.6 Å². The second-order valence-corrected chi connectivity index (χ2v) is 9.48. The van der Waals surface area contributed by atoms with Crippen molar-refractivity contribution in [2.45, 2.75) is 75.3 Å². The maximum Gasteiger partial charge on any atom is 0.304 e. The van der Waals surface area contributed by atoms with Crippen molar-refractivity contribution in [2.75, 3.05) is 0 Å². The molecular formula is C20H28N4O5S. The number of hydrogen-bond acceptors (Lipinski definition) is 7. The van der Waals surface area contributed by atoms with Gasteiger partial charge in [0, 0.05) is 12.1 Å². The highest BCUT2D eigenvalue weighted by molar-refractivity contribution is 7.89. The zero-order valence-electron chi connectivity index (χ0n) is 16.9. The summed E-state index contributed by atoms with van der Waals surface area (Å²) in [6.45, 7) is -0.162. The number of carboxylic acid groups (broad SMARTS) is 1. The number of hydrogen-bond donors (Lipinski definition) is 2. The highest BCUT2D eigenvalue weighted by atomic mass is 32.2. The van der Waals surface area contributed by atoms with E-state index in [1.807, 2.05) is 0 Å². The Morgan fingerprint density at radius 1 is 1.27 bits per heavy atom.